The fraction of sp³-hybridized carbons (Fsp3) is 0.464. The predicted molar refractivity (Wildman–Crippen MR) is 133 cm³/mol. The molecule has 0 aromatic heterocycles. The number of carboxylic acid groups (broad SMARTS) is 1. The van der Waals surface area contributed by atoms with Crippen LogP contribution in [0.15, 0.2) is 48.0 Å². The molecular formula is C28H35NO4. The van der Waals surface area contributed by atoms with Crippen molar-refractivity contribution in [1.29, 1.82) is 0 Å². The van der Waals surface area contributed by atoms with Crippen molar-refractivity contribution < 1.29 is 19.4 Å². The predicted octanol–water partition coefficient (Wildman–Crippen LogP) is 6.17. The number of aliphatic carboxylic acids is 1. The van der Waals surface area contributed by atoms with Crippen LogP contribution in [0, 0.1) is 0 Å². The third-order valence-electron chi connectivity index (χ3n) is 6.64. The van der Waals surface area contributed by atoms with E-state index in [-0.39, 0.29) is 0 Å². The Balaban J connectivity index is 1.51. The Bertz CT molecular complexity index is 966. The molecule has 176 valence electrons. The molecule has 2 aromatic carbocycles. The van der Waals surface area contributed by atoms with Gasteiger partial charge in [0, 0.05) is 30.5 Å². The van der Waals surface area contributed by atoms with Crippen molar-refractivity contribution in [2.75, 3.05) is 31.3 Å². The van der Waals surface area contributed by atoms with Crippen LogP contribution in [0.1, 0.15) is 57.4 Å². The normalized spacial score (nSPS) is 19.5. The summed E-state index contributed by atoms with van der Waals surface area (Å²) < 4.78 is 11.3. The molecule has 0 spiro atoms. The van der Waals surface area contributed by atoms with Gasteiger partial charge in [-0.05, 0) is 85.6 Å². The summed E-state index contributed by atoms with van der Waals surface area (Å²) in [5.74, 6) is 0.0177. The Morgan fingerprint density at radius 1 is 1.03 bits per heavy atom. The quantitative estimate of drug-likeness (QED) is 0.464. The molecule has 1 atom stereocenters. The van der Waals surface area contributed by atoms with E-state index in [0.29, 0.717) is 31.2 Å². The summed E-state index contributed by atoms with van der Waals surface area (Å²) >= 11 is 0. The van der Waals surface area contributed by atoms with Gasteiger partial charge in [0.15, 0.2) is 0 Å². The van der Waals surface area contributed by atoms with Crippen molar-refractivity contribution >= 4 is 17.7 Å². The van der Waals surface area contributed by atoms with Crippen LogP contribution in [0.4, 0.5) is 5.69 Å². The highest BCUT2D eigenvalue weighted by molar-refractivity contribution is 5.94. The second-order valence-electron chi connectivity index (χ2n) is 8.97. The van der Waals surface area contributed by atoms with E-state index in [1.807, 2.05) is 18.2 Å². The van der Waals surface area contributed by atoms with Crippen LogP contribution in [0.25, 0.3) is 17.2 Å². The SMILES string of the molecule is CCCCOCCOc1ccc(-c2ccc3c(c2)/C=C(/C(=O)O)CCC2CCCCN32)cc1. The number of ether oxygens (including phenoxy) is 2. The first-order chi connectivity index (χ1) is 16.2. The fourth-order valence-electron chi connectivity index (χ4n) is 4.79. The Morgan fingerprint density at radius 2 is 1.85 bits per heavy atom. The van der Waals surface area contributed by atoms with E-state index < -0.39 is 5.97 Å². The third kappa shape index (κ3) is 5.97. The van der Waals surface area contributed by atoms with E-state index in [2.05, 4.69) is 42.2 Å². The lowest BCUT2D eigenvalue weighted by molar-refractivity contribution is -0.132. The van der Waals surface area contributed by atoms with E-state index in [0.717, 1.165) is 67.0 Å². The molecule has 5 heteroatoms. The van der Waals surface area contributed by atoms with Crippen molar-refractivity contribution in [3.05, 3.63) is 53.6 Å². The number of carbonyl (C=O) groups is 1. The molecule has 2 heterocycles. The average molecular weight is 450 g/mol. The van der Waals surface area contributed by atoms with Crippen molar-refractivity contribution in [1.82, 2.24) is 0 Å². The minimum atomic E-state index is -0.809. The molecule has 1 fully saturated rings. The van der Waals surface area contributed by atoms with Crippen LogP contribution >= 0.6 is 0 Å². The van der Waals surface area contributed by atoms with Gasteiger partial charge in [-0.2, -0.15) is 0 Å². The number of hydrogen-bond acceptors (Lipinski definition) is 4. The zero-order chi connectivity index (χ0) is 23.0. The molecule has 0 amide bonds. The van der Waals surface area contributed by atoms with E-state index >= 15 is 0 Å². The molecule has 33 heavy (non-hydrogen) atoms. The first kappa shape index (κ1) is 23.4. The summed E-state index contributed by atoms with van der Waals surface area (Å²) in [5, 5.41) is 9.72. The number of carboxylic acids is 1. The molecule has 0 radical (unpaired) electrons. The van der Waals surface area contributed by atoms with Crippen molar-refractivity contribution in [2.45, 2.75) is 57.9 Å². The largest absolute Gasteiger partial charge is 0.491 e. The number of hydrogen-bond donors (Lipinski definition) is 1. The molecule has 0 saturated carbocycles. The van der Waals surface area contributed by atoms with Gasteiger partial charge in [0.05, 0.1) is 6.61 Å². The van der Waals surface area contributed by atoms with Crippen molar-refractivity contribution in [3.63, 3.8) is 0 Å². The Labute approximate surface area is 197 Å². The van der Waals surface area contributed by atoms with Gasteiger partial charge in [-0.1, -0.05) is 31.5 Å². The van der Waals surface area contributed by atoms with Gasteiger partial charge in [-0.25, -0.2) is 4.79 Å². The Morgan fingerprint density at radius 3 is 2.64 bits per heavy atom. The number of anilines is 1. The molecule has 1 saturated heterocycles. The Kier molecular flexibility index (Phi) is 8.05. The maximum Gasteiger partial charge on any atom is 0.331 e. The molecule has 0 aliphatic carbocycles. The monoisotopic (exact) mass is 449 g/mol. The van der Waals surface area contributed by atoms with Crippen LogP contribution in [-0.2, 0) is 9.53 Å². The standard InChI is InChI=1S/C28H35NO4/c1-2-3-16-32-17-18-33-26-12-8-21(9-13-26)22-10-14-27-24(19-22)20-23(28(30)31)7-11-25-6-4-5-15-29(25)27/h8-10,12-14,19-20,25H,2-7,11,15-18H2,1H3,(H,30,31)/b23-20+. The molecule has 2 aliphatic rings. The maximum atomic E-state index is 11.8. The van der Waals surface area contributed by atoms with E-state index in [4.69, 9.17) is 9.47 Å². The number of benzene rings is 2. The number of rotatable bonds is 9. The second kappa shape index (κ2) is 11.4. The molecule has 1 N–H and O–H groups in total. The summed E-state index contributed by atoms with van der Waals surface area (Å²) in [7, 11) is 0. The topological polar surface area (TPSA) is 59.0 Å². The summed E-state index contributed by atoms with van der Waals surface area (Å²) in [6.07, 6.45) is 9.17. The molecule has 4 rings (SSSR count). The van der Waals surface area contributed by atoms with Crippen LogP contribution < -0.4 is 9.64 Å². The number of nitrogens with zero attached hydrogens (tertiary/aromatic N) is 1. The third-order valence-corrected chi connectivity index (χ3v) is 6.64. The molecule has 2 aliphatic heterocycles. The molecule has 2 aromatic rings. The summed E-state index contributed by atoms with van der Waals surface area (Å²) in [6, 6.07) is 15.0. The first-order valence-electron chi connectivity index (χ1n) is 12.3. The highest BCUT2D eigenvalue weighted by Crippen LogP contribution is 2.37. The number of piperidine rings is 1. The van der Waals surface area contributed by atoms with Crippen LogP contribution in [-0.4, -0.2) is 43.5 Å². The summed E-state index contributed by atoms with van der Waals surface area (Å²) in [4.78, 5) is 14.3. The average Bonchev–Trinajstić information content (AvgIpc) is 2.83. The lowest BCUT2D eigenvalue weighted by atomic mass is 9.90. The summed E-state index contributed by atoms with van der Waals surface area (Å²) in [6.45, 7) is 5.12. The van der Waals surface area contributed by atoms with Gasteiger partial charge in [0.25, 0.3) is 0 Å². The summed E-state index contributed by atoms with van der Waals surface area (Å²) in [5.41, 5.74) is 4.83. The van der Waals surface area contributed by atoms with Crippen molar-refractivity contribution in [3.8, 4) is 16.9 Å². The maximum absolute atomic E-state index is 11.8. The van der Waals surface area contributed by atoms with Crippen LogP contribution in [0.3, 0.4) is 0 Å². The first-order valence-corrected chi connectivity index (χ1v) is 12.3. The lowest BCUT2D eigenvalue weighted by Gasteiger charge is -2.39. The van der Waals surface area contributed by atoms with Gasteiger partial charge >= 0.3 is 5.97 Å². The Hall–Kier alpha value is -2.79. The van der Waals surface area contributed by atoms with Gasteiger partial charge in [-0.15, -0.1) is 0 Å². The van der Waals surface area contributed by atoms with E-state index in [9.17, 15) is 9.90 Å². The zero-order valence-electron chi connectivity index (χ0n) is 19.6. The highest BCUT2D eigenvalue weighted by Gasteiger charge is 2.27. The second-order valence-corrected chi connectivity index (χ2v) is 8.97. The minimum absolute atomic E-state index is 0.425. The van der Waals surface area contributed by atoms with Gasteiger partial charge in [-0.3, -0.25) is 0 Å². The van der Waals surface area contributed by atoms with Gasteiger partial charge < -0.3 is 19.5 Å². The molecule has 0 bridgehead atoms. The molecule has 1 unspecified atom stereocenters. The van der Waals surface area contributed by atoms with Crippen LogP contribution in [0.5, 0.6) is 5.75 Å². The highest BCUT2D eigenvalue weighted by atomic mass is 16.5. The van der Waals surface area contributed by atoms with Crippen molar-refractivity contribution in [2.24, 2.45) is 0 Å². The number of fused-ring (bicyclic) bond motifs is 3. The lowest BCUT2D eigenvalue weighted by Crippen LogP contribution is -2.40. The van der Waals surface area contributed by atoms with Crippen LogP contribution in [0.2, 0.25) is 0 Å². The smallest absolute Gasteiger partial charge is 0.331 e. The number of unbranched alkanes of at least 4 members (excludes halogenated alkanes) is 1. The minimum Gasteiger partial charge on any atom is -0.491 e. The zero-order valence-corrected chi connectivity index (χ0v) is 19.6. The van der Waals surface area contributed by atoms with E-state index in [1.54, 1.807) is 0 Å². The van der Waals surface area contributed by atoms with Gasteiger partial charge in [0.1, 0.15) is 12.4 Å². The van der Waals surface area contributed by atoms with Gasteiger partial charge in [0.2, 0.25) is 0 Å². The molecule has 5 nitrogen and oxygen atoms in total. The van der Waals surface area contributed by atoms with E-state index in [1.165, 1.54) is 12.8 Å². The molecular weight excluding hydrogens is 414 g/mol. The fourth-order valence-corrected chi connectivity index (χ4v) is 4.79.